The molecular formula is C10H16O3. The van der Waals surface area contributed by atoms with Crippen LogP contribution in [0.3, 0.4) is 0 Å². The highest BCUT2D eigenvalue weighted by atomic mass is 16.4. The molecule has 0 heterocycles. The van der Waals surface area contributed by atoms with Gasteiger partial charge in [0.05, 0.1) is 5.92 Å². The van der Waals surface area contributed by atoms with Gasteiger partial charge in [-0.2, -0.15) is 0 Å². The zero-order valence-electron chi connectivity index (χ0n) is 8.17. The third kappa shape index (κ3) is 1.90. The van der Waals surface area contributed by atoms with E-state index in [4.69, 9.17) is 5.11 Å². The van der Waals surface area contributed by atoms with Gasteiger partial charge in [-0.15, -0.1) is 0 Å². The van der Waals surface area contributed by atoms with Gasteiger partial charge in [-0.25, -0.2) is 0 Å². The number of hydrogen-bond acceptors (Lipinski definition) is 2. The highest BCUT2D eigenvalue weighted by Gasteiger charge is 2.46. The summed E-state index contributed by atoms with van der Waals surface area (Å²) in [6.45, 7) is 3.94. The smallest absolute Gasteiger partial charge is 0.307 e. The summed E-state index contributed by atoms with van der Waals surface area (Å²) in [6.07, 6.45) is 2.44. The molecule has 0 bridgehead atoms. The molecule has 1 aliphatic rings. The number of carbonyl (C=O) groups is 2. The van der Waals surface area contributed by atoms with Crippen molar-refractivity contribution in [1.82, 2.24) is 0 Å². The first-order valence-electron chi connectivity index (χ1n) is 4.74. The van der Waals surface area contributed by atoms with Crippen LogP contribution in [-0.2, 0) is 9.59 Å². The van der Waals surface area contributed by atoms with Crippen molar-refractivity contribution in [2.45, 2.75) is 39.5 Å². The van der Waals surface area contributed by atoms with E-state index in [1.54, 1.807) is 0 Å². The second-order valence-corrected chi connectivity index (χ2v) is 4.21. The zero-order valence-corrected chi connectivity index (χ0v) is 8.17. The van der Waals surface area contributed by atoms with Crippen molar-refractivity contribution in [2.75, 3.05) is 0 Å². The summed E-state index contributed by atoms with van der Waals surface area (Å²) < 4.78 is 0. The molecule has 0 radical (unpaired) electrons. The van der Waals surface area contributed by atoms with Gasteiger partial charge in [0.2, 0.25) is 0 Å². The first-order chi connectivity index (χ1) is 5.99. The maximum Gasteiger partial charge on any atom is 0.307 e. The molecule has 0 amide bonds. The second-order valence-electron chi connectivity index (χ2n) is 4.21. The number of rotatable bonds is 3. The molecule has 2 unspecified atom stereocenters. The maximum absolute atomic E-state index is 11.2. The molecule has 0 saturated heterocycles. The molecule has 13 heavy (non-hydrogen) atoms. The van der Waals surface area contributed by atoms with E-state index in [1.807, 2.05) is 13.8 Å². The second kappa shape index (κ2) is 3.48. The SMILES string of the molecule is CCCC1(C)CC(=O)CC1C(=O)O. The Morgan fingerprint density at radius 1 is 1.69 bits per heavy atom. The fraction of sp³-hybridized carbons (Fsp3) is 0.800. The van der Waals surface area contributed by atoms with Gasteiger partial charge in [0.15, 0.2) is 0 Å². The summed E-state index contributed by atoms with van der Waals surface area (Å²) in [4.78, 5) is 22.1. The van der Waals surface area contributed by atoms with Gasteiger partial charge in [0, 0.05) is 12.8 Å². The molecule has 1 fully saturated rings. The lowest BCUT2D eigenvalue weighted by Crippen LogP contribution is -2.28. The van der Waals surface area contributed by atoms with Gasteiger partial charge in [-0.05, 0) is 11.8 Å². The van der Waals surface area contributed by atoms with E-state index in [0.717, 1.165) is 12.8 Å². The van der Waals surface area contributed by atoms with E-state index in [-0.39, 0.29) is 17.6 Å². The van der Waals surface area contributed by atoms with E-state index in [9.17, 15) is 9.59 Å². The molecule has 0 aromatic rings. The molecule has 0 aromatic carbocycles. The van der Waals surface area contributed by atoms with Crippen LogP contribution in [0.1, 0.15) is 39.5 Å². The van der Waals surface area contributed by atoms with Crippen molar-refractivity contribution in [3.63, 3.8) is 0 Å². The van der Waals surface area contributed by atoms with Crippen molar-refractivity contribution >= 4 is 11.8 Å². The van der Waals surface area contributed by atoms with Crippen molar-refractivity contribution in [2.24, 2.45) is 11.3 Å². The van der Waals surface area contributed by atoms with Crippen LogP contribution in [0.2, 0.25) is 0 Å². The number of ketones is 1. The first-order valence-corrected chi connectivity index (χ1v) is 4.74. The third-order valence-electron chi connectivity index (χ3n) is 2.99. The molecule has 2 atom stereocenters. The van der Waals surface area contributed by atoms with E-state index < -0.39 is 11.9 Å². The number of aliphatic carboxylic acids is 1. The molecule has 3 heteroatoms. The third-order valence-corrected chi connectivity index (χ3v) is 2.99. The predicted molar refractivity (Wildman–Crippen MR) is 48.4 cm³/mol. The van der Waals surface area contributed by atoms with Gasteiger partial charge >= 0.3 is 5.97 Å². The van der Waals surface area contributed by atoms with Crippen molar-refractivity contribution in [3.8, 4) is 0 Å². The molecule has 74 valence electrons. The maximum atomic E-state index is 11.2. The Morgan fingerprint density at radius 2 is 2.31 bits per heavy atom. The lowest BCUT2D eigenvalue weighted by Gasteiger charge is -2.27. The van der Waals surface area contributed by atoms with E-state index in [0.29, 0.717) is 6.42 Å². The zero-order chi connectivity index (χ0) is 10.1. The Balaban J connectivity index is 2.81. The molecule has 0 aromatic heterocycles. The molecule has 1 rings (SSSR count). The van der Waals surface area contributed by atoms with E-state index in [1.165, 1.54) is 0 Å². The van der Waals surface area contributed by atoms with Gasteiger partial charge < -0.3 is 5.11 Å². The topological polar surface area (TPSA) is 54.4 Å². The van der Waals surface area contributed by atoms with Crippen molar-refractivity contribution < 1.29 is 14.7 Å². The first kappa shape index (κ1) is 10.2. The molecule has 0 aliphatic heterocycles. The van der Waals surface area contributed by atoms with Crippen LogP contribution in [0.25, 0.3) is 0 Å². The van der Waals surface area contributed by atoms with Crippen LogP contribution in [0.4, 0.5) is 0 Å². The monoisotopic (exact) mass is 184 g/mol. The summed E-state index contributed by atoms with van der Waals surface area (Å²) in [5.41, 5.74) is -0.294. The highest BCUT2D eigenvalue weighted by molar-refractivity contribution is 5.88. The molecule has 1 saturated carbocycles. The molecule has 3 nitrogen and oxygen atoms in total. The summed E-state index contributed by atoms with van der Waals surface area (Å²) in [7, 11) is 0. The fourth-order valence-electron chi connectivity index (χ4n) is 2.34. The van der Waals surface area contributed by atoms with Crippen molar-refractivity contribution in [1.29, 1.82) is 0 Å². The Hall–Kier alpha value is -0.860. The molecule has 1 N–H and O–H groups in total. The predicted octanol–water partition coefficient (Wildman–Crippen LogP) is 1.86. The Morgan fingerprint density at radius 3 is 2.77 bits per heavy atom. The quantitative estimate of drug-likeness (QED) is 0.728. The number of Topliss-reactive ketones (excluding diaryl/α,β-unsaturated/α-hetero) is 1. The Bertz CT molecular complexity index is 234. The van der Waals surface area contributed by atoms with Crippen LogP contribution in [-0.4, -0.2) is 16.9 Å². The summed E-state index contributed by atoms with van der Waals surface area (Å²) >= 11 is 0. The average molecular weight is 184 g/mol. The summed E-state index contributed by atoms with van der Waals surface area (Å²) in [5.74, 6) is -1.18. The number of carbonyl (C=O) groups excluding carboxylic acids is 1. The summed E-state index contributed by atoms with van der Waals surface area (Å²) in [5, 5.41) is 8.94. The fourth-order valence-corrected chi connectivity index (χ4v) is 2.34. The van der Waals surface area contributed by atoms with Crippen LogP contribution < -0.4 is 0 Å². The van der Waals surface area contributed by atoms with Crippen LogP contribution >= 0.6 is 0 Å². The number of carboxylic acids is 1. The standard InChI is InChI=1S/C10H16O3/c1-3-4-10(2)6-7(11)5-8(10)9(12)13/h8H,3-6H2,1-2H3,(H,12,13). The van der Waals surface area contributed by atoms with Gasteiger partial charge in [0.1, 0.15) is 5.78 Å². The van der Waals surface area contributed by atoms with Crippen LogP contribution in [0.15, 0.2) is 0 Å². The van der Waals surface area contributed by atoms with Gasteiger partial charge in [0.25, 0.3) is 0 Å². The largest absolute Gasteiger partial charge is 0.481 e. The van der Waals surface area contributed by atoms with E-state index in [2.05, 4.69) is 0 Å². The number of carboxylic acid groups (broad SMARTS) is 1. The lowest BCUT2D eigenvalue weighted by molar-refractivity contribution is -0.145. The summed E-state index contributed by atoms with van der Waals surface area (Å²) in [6, 6.07) is 0. The minimum atomic E-state index is -0.818. The molecule has 0 spiro atoms. The minimum Gasteiger partial charge on any atom is -0.481 e. The Kier molecular flexibility index (Phi) is 2.74. The number of hydrogen-bond donors (Lipinski definition) is 1. The highest BCUT2D eigenvalue weighted by Crippen LogP contribution is 2.44. The van der Waals surface area contributed by atoms with Crippen LogP contribution in [0, 0.1) is 11.3 Å². The minimum absolute atomic E-state index is 0.100. The Labute approximate surface area is 78.1 Å². The molecule has 1 aliphatic carbocycles. The average Bonchev–Trinajstić information content (AvgIpc) is 2.26. The van der Waals surface area contributed by atoms with Crippen molar-refractivity contribution in [3.05, 3.63) is 0 Å². The van der Waals surface area contributed by atoms with E-state index >= 15 is 0 Å². The molecular weight excluding hydrogens is 168 g/mol. The normalized spacial score (nSPS) is 33.7. The van der Waals surface area contributed by atoms with Gasteiger partial charge in [-0.1, -0.05) is 20.3 Å². The van der Waals surface area contributed by atoms with Crippen LogP contribution in [0.5, 0.6) is 0 Å². The van der Waals surface area contributed by atoms with Gasteiger partial charge in [-0.3, -0.25) is 9.59 Å². The lowest BCUT2D eigenvalue weighted by atomic mass is 9.76.